The molecule has 0 saturated carbocycles. The Morgan fingerprint density at radius 1 is 0.341 bits per heavy atom. The highest BCUT2D eigenvalue weighted by molar-refractivity contribution is 5.76. The van der Waals surface area contributed by atoms with Gasteiger partial charge >= 0.3 is 5.97 Å². The summed E-state index contributed by atoms with van der Waals surface area (Å²) in [6.07, 6.45) is 92.4. The molecule has 6 nitrogen and oxygen atoms in total. The second-order valence-corrected chi connectivity index (χ2v) is 25.6. The molecule has 2 atom stereocenters. The van der Waals surface area contributed by atoms with Crippen molar-refractivity contribution in [3.63, 3.8) is 0 Å². The van der Waals surface area contributed by atoms with Gasteiger partial charge in [-0.25, -0.2) is 0 Å². The van der Waals surface area contributed by atoms with Gasteiger partial charge in [-0.2, -0.15) is 0 Å². The largest absolute Gasteiger partial charge is 0.466 e. The van der Waals surface area contributed by atoms with Crippen LogP contribution < -0.4 is 5.32 Å². The van der Waals surface area contributed by atoms with Gasteiger partial charge in [0.25, 0.3) is 0 Å². The molecule has 0 aromatic heterocycles. The van der Waals surface area contributed by atoms with Gasteiger partial charge < -0.3 is 20.3 Å². The molecule has 0 rings (SSSR count). The SMILES string of the molecule is CCCCCC/C=C\C/C=C\CCCCCCCC(=O)OCCCCCCCCCCCCCCCCCCCCCCCCCCCCCCC(=O)NC(CO)C(O)/C=C/CCCCCCCCCCCCCCCCCCCCC. The Kier molecular flexibility index (Phi) is 69.9. The molecule has 6 heteroatoms. The molecular formula is C76H145NO5. The van der Waals surface area contributed by atoms with Gasteiger partial charge in [0, 0.05) is 12.8 Å². The van der Waals surface area contributed by atoms with E-state index in [2.05, 4.69) is 43.5 Å². The Labute approximate surface area is 513 Å². The lowest BCUT2D eigenvalue weighted by atomic mass is 10.0. The third-order valence-corrected chi connectivity index (χ3v) is 17.4. The summed E-state index contributed by atoms with van der Waals surface area (Å²) in [4.78, 5) is 24.6. The van der Waals surface area contributed by atoms with E-state index < -0.39 is 12.1 Å². The van der Waals surface area contributed by atoms with Gasteiger partial charge in [0.2, 0.25) is 5.91 Å². The first-order valence-corrected chi connectivity index (χ1v) is 37.3. The minimum atomic E-state index is -0.844. The highest BCUT2D eigenvalue weighted by Crippen LogP contribution is 2.19. The number of nitrogens with one attached hydrogen (secondary N) is 1. The van der Waals surface area contributed by atoms with E-state index in [0.29, 0.717) is 19.4 Å². The van der Waals surface area contributed by atoms with Crippen molar-refractivity contribution >= 4 is 11.9 Å². The smallest absolute Gasteiger partial charge is 0.305 e. The first kappa shape index (κ1) is 80.1. The van der Waals surface area contributed by atoms with E-state index in [9.17, 15) is 19.8 Å². The summed E-state index contributed by atoms with van der Waals surface area (Å²) in [7, 11) is 0. The van der Waals surface area contributed by atoms with Gasteiger partial charge in [0.15, 0.2) is 0 Å². The molecule has 82 heavy (non-hydrogen) atoms. The number of allylic oxidation sites excluding steroid dienone is 5. The summed E-state index contributed by atoms with van der Waals surface area (Å²) in [5.41, 5.74) is 0. The molecule has 0 heterocycles. The lowest BCUT2D eigenvalue weighted by Gasteiger charge is -2.20. The molecule has 0 aliphatic carbocycles. The van der Waals surface area contributed by atoms with E-state index in [1.807, 2.05) is 6.08 Å². The van der Waals surface area contributed by atoms with E-state index in [1.54, 1.807) is 6.08 Å². The van der Waals surface area contributed by atoms with Crippen LogP contribution in [-0.4, -0.2) is 47.4 Å². The molecule has 0 aliphatic heterocycles. The molecule has 0 aromatic rings. The van der Waals surface area contributed by atoms with Crippen molar-refractivity contribution in [1.29, 1.82) is 0 Å². The normalized spacial score (nSPS) is 12.7. The van der Waals surface area contributed by atoms with Gasteiger partial charge in [0.1, 0.15) is 0 Å². The monoisotopic (exact) mass is 1150 g/mol. The second kappa shape index (κ2) is 71.6. The molecule has 0 aliphatic rings. The van der Waals surface area contributed by atoms with Crippen LogP contribution in [0.1, 0.15) is 412 Å². The number of amides is 1. The molecular weight excluding hydrogens is 1010 g/mol. The summed E-state index contributed by atoms with van der Waals surface area (Å²) < 4.78 is 5.49. The number of aliphatic hydroxyl groups is 2. The average molecular weight is 1150 g/mol. The number of hydrogen-bond acceptors (Lipinski definition) is 5. The van der Waals surface area contributed by atoms with Crippen molar-refractivity contribution in [1.82, 2.24) is 5.32 Å². The number of aliphatic hydroxyl groups excluding tert-OH is 2. The fraction of sp³-hybridized carbons (Fsp3) is 0.895. The third kappa shape index (κ3) is 67.2. The zero-order chi connectivity index (χ0) is 59.2. The van der Waals surface area contributed by atoms with E-state index in [4.69, 9.17) is 4.74 Å². The lowest BCUT2D eigenvalue weighted by molar-refractivity contribution is -0.143. The van der Waals surface area contributed by atoms with Crippen LogP contribution in [0.5, 0.6) is 0 Å². The van der Waals surface area contributed by atoms with Crippen molar-refractivity contribution in [2.75, 3.05) is 13.2 Å². The maximum absolute atomic E-state index is 12.5. The molecule has 484 valence electrons. The number of carbonyl (C=O) groups excluding carboxylic acids is 2. The van der Waals surface area contributed by atoms with E-state index in [0.717, 1.165) is 51.4 Å². The maximum Gasteiger partial charge on any atom is 0.305 e. The lowest BCUT2D eigenvalue weighted by Crippen LogP contribution is -2.45. The fourth-order valence-corrected chi connectivity index (χ4v) is 11.7. The van der Waals surface area contributed by atoms with Crippen LogP contribution in [0.15, 0.2) is 36.5 Å². The fourth-order valence-electron chi connectivity index (χ4n) is 11.7. The van der Waals surface area contributed by atoms with Crippen molar-refractivity contribution < 1.29 is 24.5 Å². The summed E-state index contributed by atoms with van der Waals surface area (Å²) in [5, 5.41) is 23.3. The summed E-state index contributed by atoms with van der Waals surface area (Å²) in [5.74, 6) is -0.0553. The van der Waals surface area contributed by atoms with E-state index in [-0.39, 0.29) is 18.5 Å². The quantitative estimate of drug-likeness (QED) is 0.0320. The Morgan fingerprint density at radius 3 is 0.939 bits per heavy atom. The van der Waals surface area contributed by atoms with Crippen LogP contribution in [0.25, 0.3) is 0 Å². The van der Waals surface area contributed by atoms with Gasteiger partial charge in [0.05, 0.1) is 25.4 Å². The second-order valence-electron chi connectivity index (χ2n) is 25.6. The molecule has 2 unspecified atom stereocenters. The van der Waals surface area contributed by atoms with Crippen molar-refractivity contribution in [2.45, 2.75) is 424 Å². The highest BCUT2D eigenvalue weighted by atomic mass is 16.5. The van der Waals surface area contributed by atoms with Crippen molar-refractivity contribution in [2.24, 2.45) is 0 Å². The van der Waals surface area contributed by atoms with Crippen molar-refractivity contribution in [3.05, 3.63) is 36.5 Å². The zero-order valence-electron chi connectivity index (χ0n) is 55.5. The number of esters is 1. The van der Waals surface area contributed by atoms with Crippen LogP contribution in [0.2, 0.25) is 0 Å². The Balaban J connectivity index is 3.37. The Bertz CT molecular complexity index is 1330. The molecule has 0 aromatic carbocycles. The first-order chi connectivity index (χ1) is 40.5. The first-order valence-electron chi connectivity index (χ1n) is 37.3. The molecule has 3 N–H and O–H groups in total. The van der Waals surface area contributed by atoms with Gasteiger partial charge in [-0.15, -0.1) is 0 Å². The van der Waals surface area contributed by atoms with Crippen LogP contribution in [0.4, 0.5) is 0 Å². The zero-order valence-corrected chi connectivity index (χ0v) is 55.5. The maximum atomic E-state index is 12.5. The van der Waals surface area contributed by atoms with Crippen LogP contribution in [0.3, 0.4) is 0 Å². The molecule has 0 fully saturated rings. The summed E-state index contributed by atoms with van der Waals surface area (Å²) >= 11 is 0. The van der Waals surface area contributed by atoms with Gasteiger partial charge in [-0.1, -0.05) is 371 Å². The standard InChI is InChI=1S/C76H145NO5/c1-3-5-7-9-11-13-15-17-19-21-22-31-34-37-40-44-48-52-56-60-64-68-74(79)73(72-78)77-75(80)69-65-61-57-53-49-45-41-38-35-32-29-27-25-23-24-26-28-30-33-36-39-43-47-51-55-59-63-67-71-82-76(81)70-66-62-58-54-50-46-42-20-18-16-14-12-10-8-6-4-2/h14,16,20,42,64,68,73-74,78-79H,3-13,15,17-19,21-41,43-63,65-67,69-72H2,1-2H3,(H,77,80)/b16-14-,42-20-,68-64+. The molecule has 0 radical (unpaired) electrons. The minimum Gasteiger partial charge on any atom is -0.466 e. The summed E-state index contributed by atoms with van der Waals surface area (Å²) in [6, 6.07) is -0.627. The van der Waals surface area contributed by atoms with Crippen LogP contribution in [-0.2, 0) is 14.3 Å². The predicted octanol–water partition coefficient (Wildman–Crippen LogP) is 24.3. The molecule has 0 saturated heterocycles. The number of carbonyl (C=O) groups is 2. The minimum absolute atomic E-state index is 0.00555. The van der Waals surface area contributed by atoms with Gasteiger partial charge in [-0.3, -0.25) is 9.59 Å². The van der Waals surface area contributed by atoms with Crippen LogP contribution in [0, 0.1) is 0 Å². The van der Waals surface area contributed by atoms with Crippen LogP contribution >= 0.6 is 0 Å². The average Bonchev–Trinajstić information content (AvgIpc) is 3.48. The molecule has 1 amide bonds. The Morgan fingerprint density at radius 2 is 0.610 bits per heavy atom. The topological polar surface area (TPSA) is 95.9 Å². The number of ether oxygens (including phenoxy) is 1. The van der Waals surface area contributed by atoms with E-state index >= 15 is 0 Å². The molecule has 0 bridgehead atoms. The van der Waals surface area contributed by atoms with Gasteiger partial charge in [-0.05, 0) is 64.2 Å². The number of rotatable bonds is 70. The number of hydrogen-bond donors (Lipinski definition) is 3. The predicted molar refractivity (Wildman–Crippen MR) is 361 cm³/mol. The Hall–Kier alpha value is -1.92. The highest BCUT2D eigenvalue weighted by Gasteiger charge is 2.18. The third-order valence-electron chi connectivity index (χ3n) is 17.4. The summed E-state index contributed by atoms with van der Waals surface area (Å²) in [6.45, 7) is 4.92. The van der Waals surface area contributed by atoms with Crippen molar-refractivity contribution in [3.8, 4) is 0 Å². The molecule has 0 spiro atoms. The number of unbranched alkanes of at least 4 members (excludes halogenated alkanes) is 55. The van der Waals surface area contributed by atoms with E-state index in [1.165, 1.54) is 334 Å².